The summed E-state index contributed by atoms with van der Waals surface area (Å²) in [6.45, 7) is 4.13. The first-order valence-corrected chi connectivity index (χ1v) is 4.41. The number of carbonyl (C=O) groups is 1. The van der Waals surface area contributed by atoms with Crippen molar-refractivity contribution in [2.45, 2.75) is 39.2 Å². The van der Waals surface area contributed by atoms with Crippen molar-refractivity contribution in [3.63, 3.8) is 0 Å². The lowest BCUT2D eigenvalue weighted by Gasteiger charge is -2.35. The Balaban J connectivity index is 2.27. The molecule has 0 radical (unpaired) electrons. The third-order valence-corrected chi connectivity index (χ3v) is 3.37. The fourth-order valence-corrected chi connectivity index (χ4v) is 2.32. The zero-order valence-corrected chi connectivity index (χ0v) is 7.18. The van der Waals surface area contributed by atoms with Gasteiger partial charge in [0.25, 0.3) is 0 Å². The summed E-state index contributed by atoms with van der Waals surface area (Å²) in [6, 6.07) is 0.500. The van der Waals surface area contributed by atoms with Gasteiger partial charge in [0.05, 0.1) is 0 Å². The molecule has 1 amide bonds. The van der Waals surface area contributed by atoms with Crippen LogP contribution >= 0.6 is 0 Å². The van der Waals surface area contributed by atoms with E-state index in [-0.39, 0.29) is 11.3 Å². The fraction of sp³-hybridized carbons (Fsp3) is 0.889. The molecule has 2 heteroatoms. The van der Waals surface area contributed by atoms with E-state index in [1.165, 1.54) is 19.3 Å². The first-order valence-electron chi connectivity index (χ1n) is 4.41. The Hall–Kier alpha value is -0.530. The van der Waals surface area contributed by atoms with Gasteiger partial charge in [0.2, 0.25) is 5.91 Å². The van der Waals surface area contributed by atoms with Crippen LogP contribution in [0.2, 0.25) is 0 Å². The van der Waals surface area contributed by atoms with E-state index in [9.17, 15) is 4.79 Å². The number of hydrogen-bond donors (Lipinski definition) is 1. The highest BCUT2D eigenvalue weighted by molar-refractivity contribution is 5.83. The lowest BCUT2D eigenvalue weighted by atomic mass is 9.75. The number of rotatable bonds is 0. The van der Waals surface area contributed by atoms with Gasteiger partial charge < -0.3 is 5.32 Å². The predicted octanol–water partition coefficient (Wildman–Crippen LogP) is 1.31. The van der Waals surface area contributed by atoms with Crippen molar-refractivity contribution in [3.05, 3.63) is 0 Å². The van der Waals surface area contributed by atoms with Crippen molar-refractivity contribution in [2.24, 2.45) is 11.3 Å². The molecule has 1 aliphatic heterocycles. The molecule has 2 rings (SSSR count). The summed E-state index contributed by atoms with van der Waals surface area (Å²) in [5.41, 5.74) is -0.104. The molecule has 1 heterocycles. The molecule has 1 saturated carbocycles. The minimum Gasteiger partial charge on any atom is -0.353 e. The van der Waals surface area contributed by atoms with Gasteiger partial charge in [-0.15, -0.1) is 0 Å². The van der Waals surface area contributed by atoms with E-state index in [2.05, 4.69) is 19.2 Å². The monoisotopic (exact) mass is 153 g/mol. The average molecular weight is 153 g/mol. The second-order valence-corrected chi connectivity index (χ2v) is 4.40. The van der Waals surface area contributed by atoms with Gasteiger partial charge in [0, 0.05) is 11.5 Å². The van der Waals surface area contributed by atoms with Gasteiger partial charge in [-0.25, -0.2) is 0 Å². The smallest absolute Gasteiger partial charge is 0.226 e. The molecular weight excluding hydrogens is 138 g/mol. The van der Waals surface area contributed by atoms with Crippen LogP contribution in [-0.4, -0.2) is 11.9 Å². The Labute approximate surface area is 67.4 Å². The normalized spacial score (nSPS) is 40.4. The maximum absolute atomic E-state index is 11.5. The molecule has 0 spiro atoms. The second kappa shape index (κ2) is 1.99. The molecule has 2 nitrogen and oxygen atoms in total. The van der Waals surface area contributed by atoms with Crippen molar-refractivity contribution in [2.75, 3.05) is 0 Å². The van der Waals surface area contributed by atoms with E-state index in [0.29, 0.717) is 12.0 Å². The molecule has 1 saturated heterocycles. The van der Waals surface area contributed by atoms with Crippen LogP contribution in [0, 0.1) is 11.3 Å². The standard InChI is InChI=1S/C9H15NO/c1-9(2)6-3-4-7(5-6)10-8(9)11/h6-7H,3-5H2,1-2H3,(H,10,11). The molecule has 2 bridgehead atoms. The van der Waals surface area contributed by atoms with Crippen molar-refractivity contribution < 1.29 is 4.79 Å². The Bertz CT molecular complexity index is 198. The van der Waals surface area contributed by atoms with Gasteiger partial charge in [-0.05, 0) is 25.2 Å². The lowest BCUT2D eigenvalue weighted by Crippen LogP contribution is -2.48. The van der Waals surface area contributed by atoms with Crippen LogP contribution in [0.15, 0.2) is 0 Å². The number of piperidine rings is 1. The molecule has 0 aromatic heterocycles. The third-order valence-electron chi connectivity index (χ3n) is 3.37. The third kappa shape index (κ3) is 0.883. The number of carbonyl (C=O) groups excluding carboxylic acids is 1. The van der Waals surface area contributed by atoms with Crippen molar-refractivity contribution in [3.8, 4) is 0 Å². The SMILES string of the molecule is CC1(C)C(=O)NC2CCC1C2. The lowest BCUT2D eigenvalue weighted by molar-refractivity contribution is -0.134. The second-order valence-electron chi connectivity index (χ2n) is 4.40. The molecule has 2 unspecified atom stereocenters. The van der Waals surface area contributed by atoms with Crippen LogP contribution in [0.3, 0.4) is 0 Å². The minimum atomic E-state index is -0.104. The number of amides is 1. The van der Waals surface area contributed by atoms with E-state index in [4.69, 9.17) is 0 Å². The molecule has 2 fully saturated rings. The molecular formula is C9H15NO. The van der Waals surface area contributed by atoms with E-state index in [1.54, 1.807) is 0 Å². The highest BCUT2D eigenvalue weighted by atomic mass is 16.2. The van der Waals surface area contributed by atoms with E-state index in [1.807, 2.05) is 0 Å². The Morgan fingerprint density at radius 3 is 2.91 bits per heavy atom. The average Bonchev–Trinajstić information content (AvgIpc) is 2.31. The van der Waals surface area contributed by atoms with E-state index in [0.717, 1.165) is 0 Å². The number of hydrogen-bond acceptors (Lipinski definition) is 1. The van der Waals surface area contributed by atoms with Crippen LogP contribution in [-0.2, 0) is 4.79 Å². The maximum Gasteiger partial charge on any atom is 0.226 e. The maximum atomic E-state index is 11.5. The van der Waals surface area contributed by atoms with Crippen LogP contribution < -0.4 is 5.32 Å². The topological polar surface area (TPSA) is 29.1 Å². The molecule has 11 heavy (non-hydrogen) atoms. The van der Waals surface area contributed by atoms with Crippen LogP contribution in [0.25, 0.3) is 0 Å². The summed E-state index contributed by atoms with van der Waals surface area (Å²) in [5, 5.41) is 3.06. The number of nitrogens with one attached hydrogen (secondary N) is 1. The predicted molar refractivity (Wildman–Crippen MR) is 43.1 cm³/mol. The zero-order chi connectivity index (χ0) is 8.06. The molecule has 1 aliphatic carbocycles. The van der Waals surface area contributed by atoms with Gasteiger partial charge in [0.1, 0.15) is 0 Å². The highest BCUT2D eigenvalue weighted by Gasteiger charge is 2.46. The van der Waals surface area contributed by atoms with Crippen LogP contribution in [0.5, 0.6) is 0 Å². The molecule has 2 aliphatic rings. The summed E-state index contributed by atoms with van der Waals surface area (Å²) in [7, 11) is 0. The molecule has 2 atom stereocenters. The van der Waals surface area contributed by atoms with Crippen LogP contribution in [0.1, 0.15) is 33.1 Å². The quantitative estimate of drug-likeness (QED) is 0.558. The summed E-state index contributed by atoms with van der Waals surface area (Å²) in [4.78, 5) is 11.5. The van der Waals surface area contributed by atoms with Crippen LogP contribution in [0.4, 0.5) is 0 Å². The first kappa shape index (κ1) is 7.14. The zero-order valence-electron chi connectivity index (χ0n) is 7.18. The highest BCUT2D eigenvalue weighted by Crippen LogP contribution is 2.43. The Kier molecular flexibility index (Phi) is 1.29. The molecule has 0 aromatic carbocycles. The molecule has 0 aromatic rings. The number of fused-ring (bicyclic) bond motifs is 2. The summed E-state index contributed by atoms with van der Waals surface area (Å²) in [6.07, 6.45) is 3.63. The Morgan fingerprint density at radius 1 is 1.45 bits per heavy atom. The summed E-state index contributed by atoms with van der Waals surface area (Å²) in [5.74, 6) is 0.900. The van der Waals surface area contributed by atoms with Gasteiger partial charge in [-0.1, -0.05) is 13.8 Å². The van der Waals surface area contributed by atoms with Crippen molar-refractivity contribution >= 4 is 5.91 Å². The van der Waals surface area contributed by atoms with E-state index < -0.39 is 0 Å². The summed E-state index contributed by atoms with van der Waals surface area (Å²) < 4.78 is 0. The van der Waals surface area contributed by atoms with Gasteiger partial charge >= 0.3 is 0 Å². The van der Waals surface area contributed by atoms with Gasteiger partial charge in [-0.3, -0.25) is 4.79 Å². The van der Waals surface area contributed by atoms with E-state index >= 15 is 0 Å². The van der Waals surface area contributed by atoms with Gasteiger partial charge in [0.15, 0.2) is 0 Å². The molecule has 62 valence electrons. The van der Waals surface area contributed by atoms with Gasteiger partial charge in [-0.2, -0.15) is 0 Å². The fourth-order valence-electron chi connectivity index (χ4n) is 2.32. The minimum absolute atomic E-state index is 0.104. The van der Waals surface area contributed by atoms with Crippen molar-refractivity contribution in [1.29, 1.82) is 0 Å². The Morgan fingerprint density at radius 2 is 2.18 bits per heavy atom. The summed E-state index contributed by atoms with van der Waals surface area (Å²) >= 11 is 0. The van der Waals surface area contributed by atoms with Crippen molar-refractivity contribution in [1.82, 2.24) is 5.32 Å². The largest absolute Gasteiger partial charge is 0.353 e. The molecule has 1 N–H and O–H groups in total. The first-order chi connectivity index (χ1) is 5.10.